The van der Waals surface area contributed by atoms with Gasteiger partial charge in [-0.3, -0.25) is 4.79 Å². The number of aromatic amines is 1. The van der Waals surface area contributed by atoms with Crippen LogP contribution < -0.4 is 5.56 Å². The van der Waals surface area contributed by atoms with Gasteiger partial charge < -0.3 is 4.98 Å². The molecule has 1 N–H and O–H groups in total. The van der Waals surface area contributed by atoms with Crippen molar-refractivity contribution >= 4 is 22.7 Å². The first-order chi connectivity index (χ1) is 10.6. The summed E-state index contributed by atoms with van der Waals surface area (Å²) in [6, 6.07) is 7.48. The van der Waals surface area contributed by atoms with Crippen LogP contribution in [0.5, 0.6) is 0 Å². The Kier molecular flexibility index (Phi) is 3.93. The predicted octanol–water partition coefficient (Wildman–Crippen LogP) is 2.34. The van der Waals surface area contributed by atoms with E-state index in [4.69, 9.17) is 0 Å². The molecule has 2 heterocycles. The highest BCUT2D eigenvalue weighted by atomic mass is 32.2. The maximum Gasteiger partial charge on any atom is 0.258 e. The Balaban J connectivity index is 1.94. The van der Waals surface area contributed by atoms with Gasteiger partial charge in [0, 0.05) is 0 Å². The second-order valence-electron chi connectivity index (χ2n) is 5.23. The van der Waals surface area contributed by atoms with E-state index in [0.717, 1.165) is 0 Å². The fourth-order valence-corrected chi connectivity index (χ4v) is 3.08. The Labute approximate surface area is 131 Å². The van der Waals surface area contributed by atoms with E-state index in [1.54, 1.807) is 10.7 Å². The molecular formula is C14H16N6OS. The maximum atomic E-state index is 12.1. The monoisotopic (exact) mass is 316 g/mol. The topological polar surface area (TPSA) is 89.3 Å². The van der Waals surface area contributed by atoms with E-state index < -0.39 is 0 Å². The molecule has 0 amide bonds. The van der Waals surface area contributed by atoms with Crippen LogP contribution in [0.4, 0.5) is 0 Å². The van der Waals surface area contributed by atoms with E-state index in [1.165, 1.54) is 11.8 Å². The summed E-state index contributed by atoms with van der Waals surface area (Å²) in [6.07, 6.45) is 0. The van der Waals surface area contributed by atoms with Crippen LogP contribution >= 0.6 is 11.8 Å². The molecule has 0 radical (unpaired) electrons. The van der Waals surface area contributed by atoms with Crippen molar-refractivity contribution in [2.45, 2.75) is 37.2 Å². The van der Waals surface area contributed by atoms with Crippen LogP contribution in [0.1, 0.15) is 37.9 Å². The first-order valence-electron chi connectivity index (χ1n) is 6.99. The average molecular weight is 316 g/mol. The summed E-state index contributed by atoms with van der Waals surface area (Å²) < 4.78 is 1.75. The van der Waals surface area contributed by atoms with Crippen LogP contribution in [-0.2, 0) is 0 Å². The number of hydrogen-bond donors (Lipinski definition) is 1. The average Bonchev–Trinajstić information content (AvgIpc) is 2.95. The highest BCUT2D eigenvalue weighted by Crippen LogP contribution is 2.32. The second-order valence-corrected chi connectivity index (χ2v) is 6.54. The van der Waals surface area contributed by atoms with Crippen molar-refractivity contribution in [1.82, 2.24) is 30.2 Å². The molecule has 1 aromatic carbocycles. The third-order valence-corrected chi connectivity index (χ3v) is 4.31. The van der Waals surface area contributed by atoms with Crippen molar-refractivity contribution in [1.29, 1.82) is 0 Å². The Hall–Kier alpha value is -2.22. The molecule has 0 aliphatic rings. The number of para-hydroxylation sites is 1. The third kappa shape index (κ3) is 2.74. The molecule has 0 bridgehead atoms. The SMILES string of the molecule is CC(Sc1nnnn1C(C)C)c1nc2ccccc2c(=O)[nH]1. The fraction of sp³-hybridized carbons (Fsp3) is 0.357. The summed E-state index contributed by atoms with van der Waals surface area (Å²) >= 11 is 1.47. The number of benzene rings is 1. The molecular weight excluding hydrogens is 300 g/mol. The lowest BCUT2D eigenvalue weighted by molar-refractivity contribution is 0.477. The molecule has 0 saturated heterocycles. The van der Waals surface area contributed by atoms with Gasteiger partial charge >= 0.3 is 0 Å². The van der Waals surface area contributed by atoms with Crippen molar-refractivity contribution in [2.75, 3.05) is 0 Å². The molecule has 3 aromatic rings. The van der Waals surface area contributed by atoms with E-state index >= 15 is 0 Å². The van der Waals surface area contributed by atoms with Crippen LogP contribution in [0.3, 0.4) is 0 Å². The standard InChI is InChI=1S/C14H16N6OS/c1-8(2)20-14(17-18-19-20)22-9(3)12-15-11-7-5-4-6-10(11)13(21)16-12/h4-9H,1-3H3,(H,15,16,21). The van der Waals surface area contributed by atoms with Gasteiger partial charge in [0.25, 0.3) is 5.56 Å². The summed E-state index contributed by atoms with van der Waals surface area (Å²) in [5, 5.41) is 12.9. The Morgan fingerprint density at radius 3 is 2.77 bits per heavy atom. The normalized spacial score (nSPS) is 12.9. The zero-order valence-corrected chi connectivity index (χ0v) is 13.3. The van der Waals surface area contributed by atoms with E-state index in [2.05, 4.69) is 25.5 Å². The molecule has 3 rings (SSSR count). The summed E-state index contributed by atoms with van der Waals surface area (Å²) in [6.45, 7) is 6.00. The predicted molar refractivity (Wildman–Crippen MR) is 84.8 cm³/mol. The van der Waals surface area contributed by atoms with Gasteiger partial charge in [0.15, 0.2) is 0 Å². The van der Waals surface area contributed by atoms with E-state index in [9.17, 15) is 4.79 Å². The quantitative estimate of drug-likeness (QED) is 0.743. The number of aromatic nitrogens is 6. The summed E-state index contributed by atoms with van der Waals surface area (Å²) in [4.78, 5) is 19.5. The molecule has 7 nitrogen and oxygen atoms in total. The fourth-order valence-electron chi connectivity index (χ4n) is 2.10. The number of tetrazole rings is 1. The van der Waals surface area contributed by atoms with Crippen LogP contribution in [0.25, 0.3) is 10.9 Å². The van der Waals surface area contributed by atoms with Crippen LogP contribution in [0, 0.1) is 0 Å². The van der Waals surface area contributed by atoms with Gasteiger partial charge in [0.2, 0.25) is 5.16 Å². The van der Waals surface area contributed by atoms with Gasteiger partial charge in [0.1, 0.15) is 5.82 Å². The van der Waals surface area contributed by atoms with Crippen molar-refractivity contribution in [3.8, 4) is 0 Å². The van der Waals surface area contributed by atoms with Crippen molar-refractivity contribution in [3.63, 3.8) is 0 Å². The van der Waals surface area contributed by atoms with Gasteiger partial charge in [-0.25, -0.2) is 9.67 Å². The molecule has 1 unspecified atom stereocenters. The first kappa shape index (κ1) is 14.7. The number of thioether (sulfide) groups is 1. The van der Waals surface area contributed by atoms with Crippen molar-refractivity contribution in [2.24, 2.45) is 0 Å². The van der Waals surface area contributed by atoms with Crippen LogP contribution in [0.15, 0.2) is 34.2 Å². The lowest BCUT2D eigenvalue weighted by atomic mass is 10.2. The van der Waals surface area contributed by atoms with Crippen LogP contribution in [0.2, 0.25) is 0 Å². The molecule has 0 aliphatic heterocycles. The van der Waals surface area contributed by atoms with Crippen LogP contribution in [-0.4, -0.2) is 30.2 Å². The molecule has 0 spiro atoms. The Morgan fingerprint density at radius 2 is 2.00 bits per heavy atom. The largest absolute Gasteiger partial charge is 0.309 e. The number of H-pyrrole nitrogens is 1. The minimum atomic E-state index is -0.128. The van der Waals surface area contributed by atoms with Gasteiger partial charge in [0.05, 0.1) is 22.2 Å². The zero-order valence-electron chi connectivity index (χ0n) is 12.5. The highest BCUT2D eigenvalue weighted by Gasteiger charge is 2.17. The minimum Gasteiger partial charge on any atom is -0.309 e. The Bertz CT molecular complexity index is 856. The van der Waals surface area contributed by atoms with Crippen molar-refractivity contribution < 1.29 is 0 Å². The van der Waals surface area contributed by atoms with E-state index in [0.29, 0.717) is 21.9 Å². The second kappa shape index (κ2) is 5.88. The molecule has 22 heavy (non-hydrogen) atoms. The zero-order chi connectivity index (χ0) is 15.7. The van der Waals surface area contributed by atoms with Crippen molar-refractivity contribution in [3.05, 3.63) is 40.4 Å². The maximum absolute atomic E-state index is 12.1. The number of nitrogens with one attached hydrogen (secondary N) is 1. The first-order valence-corrected chi connectivity index (χ1v) is 7.87. The highest BCUT2D eigenvalue weighted by molar-refractivity contribution is 7.99. The van der Waals surface area contributed by atoms with Gasteiger partial charge in [-0.15, -0.1) is 5.10 Å². The van der Waals surface area contributed by atoms with Gasteiger partial charge in [-0.1, -0.05) is 23.9 Å². The summed E-state index contributed by atoms with van der Waals surface area (Å²) in [5.74, 6) is 0.618. The summed E-state index contributed by atoms with van der Waals surface area (Å²) in [7, 11) is 0. The molecule has 1 atom stereocenters. The van der Waals surface area contributed by atoms with Gasteiger partial charge in [-0.05, 0) is 43.3 Å². The Morgan fingerprint density at radius 1 is 1.23 bits per heavy atom. The molecule has 114 valence electrons. The molecule has 0 aliphatic carbocycles. The number of rotatable bonds is 4. The number of hydrogen-bond acceptors (Lipinski definition) is 6. The van der Waals surface area contributed by atoms with Gasteiger partial charge in [-0.2, -0.15) is 0 Å². The smallest absolute Gasteiger partial charge is 0.258 e. The summed E-state index contributed by atoms with van der Waals surface area (Å²) in [5.41, 5.74) is 0.564. The molecule has 0 fully saturated rings. The van der Waals surface area contributed by atoms with E-state index in [-0.39, 0.29) is 16.9 Å². The molecule has 8 heteroatoms. The lowest BCUT2D eigenvalue weighted by Crippen LogP contribution is -2.13. The molecule has 0 saturated carbocycles. The number of nitrogens with zero attached hydrogens (tertiary/aromatic N) is 5. The minimum absolute atomic E-state index is 0.0687. The molecule has 2 aromatic heterocycles. The lowest BCUT2D eigenvalue weighted by Gasteiger charge is -2.12. The third-order valence-electron chi connectivity index (χ3n) is 3.25. The number of fused-ring (bicyclic) bond motifs is 1. The van der Waals surface area contributed by atoms with E-state index in [1.807, 2.05) is 39.0 Å².